The van der Waals surface area contributed by atoms with Crippen LogP contribution in [0, 0.1) is 0 Å². The van der Waals surface area contributed by atoms with Crippen molar-refractivity contribution in [3.63, 3.8) is 0 Å². The number of rotatable bonds is 5. The highest BCUT2D eigenvalue weighted by molar-refractivity contribution is 5.92. The first-order valence-corrected chi connectivity index (χ1v) is 7.79. The highest BCUT2D eigenvalue weighted by atomic mass is 16.5. The zero-order valence-electron chi connectivity index (χ0n) is 12.5. The number of nitrogens with zero attached hydrogens (tertiary/aromatic N) is 2. The monoisotopic (exact) mass is 307 g/mol. The van der Waals surface area contributed by atoms with Gasteiger partial charge in [0.15, 0.2) is 5.69 Å². The molecule has 1 saturated carbocycles. The summed E-state index contributed by atoms with van der Waals surface area (Å²) in [5.41, 5.74) is 6.53. The van der Waals surface area contributed by atoms with E-state index in [0.29, 0.717) is 19.0 Å². The Hall–Kier alpha value is -1.89. The molecule has 0 spiro atoms. The summed E-state index contributed by atoms with van der Waals surface area (Å²) in [6.07, 6.45) is 3.82. The van der Waals surface area contributed by atoms with Crippen LogP contribution in [-0.2, 0) is 4.79 Å². The molecular weight excluding hydrogens is 286 g/mol. The molecule has 120 valence electrons. The predicted octanol–water partition coefficient (Wildman–Crippen LogP) is 0.739. The maximum atomic E-state index is 11.8. The minimum atomic E-state index is -0.551. The van der Waals surface area contributed by atoms with E-state index in [1.165, 1.54) is 0 Å². The Morgan fingerprint density at radius 3 is 2.45 bits per heavy atom. The number of nitrogens with two attached hydrogens (primary N) is 1. The summed E-state index contributed by atoms with van der Waals surface area (Å²) in [6, 6.07) is 0. The number of piperidine rings is 1. The van der Waals surface area contributed by atoms with Crippen molar-refractivity contribution in [3.05, 3.63) is 17.0 Å². The second-order valence-electron chi connectivity index (χ2n) is 6.08. The van der Waals surface area contributed by atoms with E-state index in [-0.39, 0.29) is 30.5 Å². The van der Waals surface area contributed by atoms with Gasteiger partial charge in [0.1, 0.15) is 5.76 Å². The van der Waals surface area contributed by atoms with E-state index in [2.05, 4.69) is 5.16 Å². The molecule has 2 amide bonds. The quantitative estimate of drug-likeness (QED) is 0.833. The summed E-state index contributed by atoms with van der Waals surface area (Å²) >= 11 is 0. The summed E-state index contributed by atoms with van der Waals surface area (Å²) in [7, 11) is 0. The third-order valence-electron chi connectivity index (χ3n) is 4.52. The van der Waals surface area contributed by atoms with Crippen LogP contribution in [0.4, 0.5) is 0 Å². The lowest BCUT2D eigenvalue weighted by Crippen LogP contribution is -2.38. The van der Waals surface area contributed by atoms with E-state index < -0.39 is 5.91 Å². The van der Waals surface area contributed by atoms with Gasteiger partial charge in [0, 0.05) is 31.0 Å². The molecule has 3 rings (SSSR count). The number of aromatic nitrogens is 1. The molecule has 2 aliphatic rings. The molecule has 3 N–H and O–H groups in total. The maximum absolute atomic E-state index is 11.8. The van der Waals surface area contributed by atoms with Crippen molar-refractivity contribution in [1.82, 2.24) is 10.1 Å². The molecule has 22 heavy (non-hydrogen) atoms. The topological polar surface area (TPSA) is 110 Å². The highest BCUT2D eigenvalue weighted by Crippen LogP contribution is 2.46. The molecule has 2 fully saturated rings. The zero-order chi connectivity index (χ0) is 15.7. The fourth-order valence-electron chi connectivity index (χ4n) is 3.19. The third-order valence-corrected chi connectivity index (χ3v) is 4.52. The van der Waals surface area contributed by atoms with Gasteiger partial charge in [0.2, 0.25) is 5.91 Å². The second-order valence-corrected chi connectivity index (χ2v) is 6.08. The Balaban J connectivity index is 1.74. The van der Waals surface area contributed by atoms with Crippen molar-refractivity contribution >= 4 is 11.8 Å². The average molecular weight is 307 g/mol. The zero-order valence-corrected chi connectivity index (χ0v) is 12.5. The Labute approximate surface area is 128 Å². The minimum Gasteiger partial charge on any atom is -0.396 e. The molecule has 1 saturated heterocycles. The first kappa shape index (κ1) is 15.0. The first-order valence-electron chi connectivity index (χ1n) is 7.79. The van der Waals surface area contributed by atoms with Gasteiger partial charge < -0.3 is 20.3 Å². The van der Waals surface area contributed by atoms with Gasteiger partial charge in [0.05, 0.1) is 6.61 Å². The van der Waals surface area contributed by atoms with Crippen LogP contribution in [0.25, 0.3) is 0 Å². The van der Waals surface area contributed by atoms with E-state index in [4.69, 9.17) is 15.4 Å². The number of aliphatic hydroxyl groups is 1. The number of hydrogen-bond acceptors (Lipinski definition) is 5. The second kappa shape index (κ2) is 6.08. The van der Waals surface area contributed by atoms with Crippen molar-refractivity contribution < 1.29 is 19.2 Å². The molecule has 7 heteroatoms. The van der Waals surface area contributed by atoms with Gasteiger partial charge in [0.25, 0.3) is 5.91 Å². The molecular formula is C15H21N3O4. The Morgan fingerprint density at radius 1 is 1.23 bits per heavy atom. The average Bonchev–Trinajstić information content (AvgIpc) is 3.26. The van der Waals surface area contributed by atoms with Crippen LogP contribution >= 0.6 is 0 Å². The van der Waals surface area contributed by atoms with Crippen molar-refractivity contribution in [2.75, 3.05) is 19.7 Å². The molecule has 0 radical (unpaired) electrons. The summed E-state index contributed by atoms with van der Waals surface area (Å²) in [5, 5.41) is 12.7. The van der Waals surface area contributed by atoms with Crippen LogP contribution in [0.3, 0.4) is 0 Å². The largest absolute Gasteiger partial charge is 0.396 e. The first-order chi connectivity index (χ1) is 10.6. The number of carbonyl (C=O) groups excluding carboxylic acids is 2. The number of likely N-dealkylation sites (tertiary alicyclic amines) is 1. The molecule has 1 aromatic heterocycles. The Bertz CT molecular complexity index is 571. The van der Waals surface area contributed by atoms with Crippen LogP contribution in [0.2, 0.25) is 0 Å². The fourth-order valence-corrected chi connectivity index (χ4v) is 3.19. The van der Waals surface area contributed by atoms with Crippen molar-refractivity contribution in [3.8, 4) is 0 Å². The third kappa shape index (κ3) is 2.85. The van der Waals surface area contributed by atoms with E-state index in [1.54, 1.807) is 4.90 Å². The SMILES string of the molecule is NC(=O)c1noc(C2CC2)c1C1CCN(C(=O)CCO)CC1. The smallest absolute Gasteiger partial charge is 0.271 e. The molecule has 7 nitrogen and oxygen atoms in total. The van der Waals surface area contributed by atoms with Crippen LogP contribution in [-0.4, -0.2) is 46.7 Å². The molecule has 0 bridgehead atoms. The van der Waals surface area contributed by atoms with Crippen molar-refractivity contribution in [1.29, 1.82) is 0 Å². The molecule has 2 heterocycles. The van der Waals surface area contributed by atoms with E-state index in [0.717, 1.165) is 37.0 Å². The molecule has 0 aromatic carbocycles. The van der Waals surface area contributed by atoms with Crippen LogP contribution in [0.5, 0.6) is 0 Å². The lowest BCUT2D eigenvalue weighted by Gasteiger charge is -2.32. The van der Waals surface area contributed by atoms with E-state index >= 15 is 0 Å². The molecule has 0 atom stereocenters. The molecule has 0 unspecified atom stereocenters. The van der Waals surface area contributed by atoms with Crippen LogP contribution < -0.4 is 5.73 Å². The number of hydrogen-bond donors (Lipinski definition) is 2. The van der Waals surface area contributed by atoms with Crippen LogP contribution in [0.15, 0.2) is 4.52 Å². The summed E-state index contributed by atoms with van der Waals surface area (Å²) in [6.45, 7) is 1.12. The van der Waals surface area contributed by atoms with Gasteiger partial charge in [-0.15, -0.1) is 0 Å². The van der Waals surface area contributed by atoms with Gasteiger partial charge in [-0.25, -0.2) is 0 Å². The van der Waals surface area contributed by atoms with Gasteiger partial charge in [-0.3, -0.25) is 9.59 Å². The standard InChI is InChI=1S/C15H21N3O4/c16-15(21)13-12(14(22-17-13)10-1-2-10)9-3-6-18(7-4-9)11(20)5-8-19/h9-10,19H,1-8H2,(H2,16,21). The lowest BCUT2D eigenvalue weighted by atomic mass is 9.86. The molecule has 1 aliphatic carbocycles. The van der Waals surface area contributed by atoms with Gasteiger partial charge in [-0.1, -0.05) is 5.16 Å². The maximum Gasteiger partial charge on any atom is 0.271 e. The van der Waals surface area contributed by atoms with Crippen LogP contribution in [0.1, 0.15) is 65.8 Å². The van der Waals surface area contributed by atoms with Gasteiger partial charge in [-0.2, -0.15) is 0 Å². The molecule has 1 aromatic rings. The Kier molecular flexibility index (Phi) is 4.15. The van der Waals surface area contributed by atoms with Gasteiger partial charge >= 0.3 is 0 Å². The number of aliphatic hydroxyl groups excluding tert-OH is 1. The number of carbonyl (C=O) groups is 2. The minimum absolute atomic E-state index is 0.0243. The summed E-state index contributed by atoms with van der Waals surface area (Å²) in [4.78, 5) is 25.2. The summed E-state index contributed by atoms with van der Waals surface area (Å²) < 4.78 is 5.38. The van der Waals surface area contributed by atoms with Crippen molar-refractivity contribution in [2.24, 2.45) is 5.73 Å². The predicted molar refractivity (Wildman–Crippen MR) is 77.3 cm³/mol. The number of amides is 2. The Morgan fingerprint density at radius 2 is 1.91 bits per heavy atom. The lowest BCUT2D eigenvalue weighted by molar-refractivity contribution is -0.132. The summed E-state index contributed by atoms with van der Waals surface area (Å²) in [5.74, 6) is 0.759. The highest BCUT2D eigenvalue weighted by Gasteiger charge is 2.37. The normalized spacial score (nSPS) is 19.4. The molecule has 1 aliphatic heterocycles. The van der Waals surface area contributed by atoms with E-state index in [9.17, 15) is 9.59 Å². The van der Waals surface area contributed by atoms with E-state index in [1.807, 2.05) is 0 Å². The van der Waals surface area contributed by atoms with Gasteiger partial charge in [-0.05, 0) is 31.6 Å². The fraction of sp³-hybridized carbons (Fsp3) is 0.667. The number of primary amides is 1. The van der Waals surface area contributed by atoms with Crippen molar-refractivity contribution in [2.45, 2.75) is 43.9 Å².